The Bertz CT molecular complexity index is 1140. The van der Waals surface area contributed by atoms with Gasteiger partial charge in [-0.2, -0.15) is 0 Å². The zero-order chi connectivity index (χ0) is 21.4. The Balaban J connectivity index is 1.89. The number of hydrogen-bond donors (Lipinski definition) is 1. The molecular weight excluding hydrogens is 386 g/mol. The lowest BCUT2D eigenvalue weighted by Crippen LogP contribution is -2.39. The third kappa shape index (κ3) is 3.68. The van der Waals surface area contributed by atoms with Gasteiger partial charge in [0, 0.05) is 16.8 Å². The second-order valence-electron chi connectivity index (χ2n) is 7.47. The predicted molar refractivity (Wildman–Crippen MR) is 110 cm³/mol. The van der Waals surface area contributed by atoms with Gasteiger partial charge in [0.2, 0.25) is 5.91 Å². The molecule has 0 saturated heterocycles. The molecule has 30 heavy (non-hydrogen) atoms. The van der Waals surface area contributed by atoms with Gasteiger partial charge < -0.3 is 10.2 Å². The molecule has 0 aliphatic carbocycles. The summed E-state index contributed by atoms with van der Waals surface area (Å²) in [6.07, 6.45) is 0. The Kier molecular flexibility index (Phi) is 5.08. The lowest BCUT2D eigenvalue weighted by atomic mass is 9.94. The number of rotatable bonds is 2. The number of anilines is 1. The Morgan fingerprint density at radius 3 is 2.33 bits per heavy atom. The monoisotopic (exact) mass is 406 g/mol. The number of fused-ring (bicyclic) bond motifs is 1. The molecular formula is C24H20F2N2O2. The zero-order valence-electron chi connectivity index (χ0n) is 16.6. The molecule has 152 valence electrons. The Hall–Kier alpha value is -3.54. The van der Waals surface area contributed by atoms with Crippen molar-refractivity contribution >= 4 is 17.5 Å². The molecule has 1 aliphatic heterocycles. The lowest BCUT2D eigenvalue weighted by Gasteiger charge is -2.31. The standard InChI is InChI=1S/C24H20F2N2O2/c1-14-3-4-17(11-15(14)2)24(30)28-13-22(29)27-21-10-9-19(26)12-20(21)23(28)16-5-7-18(25)8-6-16/h3-12,23H,13H2,1-2H3,(H,27,29). The minimum absolute atomic E-state index is 0.218. The van der Waals surface area contributed by atoms with E-state index < -0.39 is 17.7 Å². The summed E-state index contributed by atoms with van der Waals surface area (Å²) in [4.78, 5) is 27.5. The van der Waals surface area contributed by atoms with Gasteiger partial charge in [-0.25, -0.2) is 8.78 Å². The van der Waals surface area contributed by atoms with Crippen molar-refractivity contribution in [3.05, 3.63) is 100 Å². The van der Waals surface area contributed by atoms with Crippen LogP contribution in [0.2, 0.25) is 0 Å². The van der Waals surface area contributed by atoms with E-state index in [0.717, 1.165) is 11.1 Å². The van der Waals surface area contributed by atoms with Gasteiger partial charge in [-0.05, 0) is 73.0 Å². The fourth-order valence-electron chi connectivity index (χ4n) is 3.71. The molecule has 1 unspecified atom stereocenters. The van der Waals surface area contributed by atoms with Crippen LogP contribution in [0.5, 0.6) is 0 Å². The van der Waals surface area contributed by atoms with Crippen LogP contribution in [0.4, 0.5) is 14.5 Å². The van der Waals surface area contributed by atoms with Crippen molar-refractivity contribution in [2.45, 2.75) is 19.9 Å². The van der Waals surface area contributed by atoms with Gasteiger partial charge in [-0.3, -0.25) is 9.59 Å². The van der Waals surface area contributed by atoms with Crippen LogP contribution in [0, 0.1) is 25.5 Å². The van der Waals surface area contributed by atoms with Gasteiger partial charge in [0.1, 0.15) is 18.2 Å². The number of amides is 2. The summed E-state index contributed by atoms with van der Waals surface area (Å²) in [5, 5.41) is 2.74. The first-order chi connectivity index (χ1) is 14.3. The molecule has 3 aromatic carbocycles. The molecule has 0 spiro atoms. The highest BCUT2D eigenvalue weighted by molar-refractivity contribution is 6.01. The first-order valence-corrected chi connectivity index (χ1v) is 9.56. The van der Waals surface area contributed by atoms with E-state index in [0.29, 0.717) is 22.4 Å². The zero-order valence-corrected chi connectivity index (χ0v) is 16.6. The quantitative estimate of drug-likeness (QED) is 0.667. The van der Waals surface area contributed by atoms with Crippen LogP contribution < -0.4 is 5.32 Å². The summed E-state index contributed by atoms with van der Waals surface area (Å²) in [6.45, 7) is 3.64. The maximum Gasteiger partial charge on any atom is 0.255 e. The summed E-state index contributed by atoms with van der Waals surface area (Å²) in [5.41, 5.74) is 3.86. The third-order valence-electron chi connectivity index (χ3n) is 5.41. The van der Waals surface area contributed by atoms with Gasteiger partial charge in [-0.15, -0.1) is 0 Å². The number of carbonyl (C=O) groups is 2. The van der Waals surface area contributed by atoms with Crippen LogP contribution in [0.1, 0.15) is 38.7 Å². The average Bonchev–Trinajstić information content (AvgIpc) is 2.86. The Morgan fingerprint density at radius 1 is 0.933 bits per heavy atom. The van der Waals surface area contributed by atoms with Gasteiger partial charge in [0.15, 0.2) is 0 Å². The van der Waals surface area contributed by atoms with E-state index in [4.69, 9.17) is 0 Å². The normalized spacial score (nSPS) is 15.9. The average molecular weight is 406 g/mol. The van der Waals surface area contributed by atoms with Crippen LogP contribution >= 0.6 is 0 Å². The van der Waals surface area contributed by atoms with Gasteiger partial charge in [0.05, 0.1) is 6.04 Å². The van der Waals surface area contributed by atoms with E-state index in [1.807, 2.05) is 19.9 Å². The molecule has 0 aromatic heterocycles. The van der Waals surface area contributed by atoms with Crippen molar-refractivity contribution in [3.63, 3.8) is 0 Å². The molecule has 0 saturated carbocycles. The maximum atomic E-state index is 14.1. The molecule has 0 fully saturated rings. The predicted octanol–water partition coefficient (Wildman–Crippen LogP) is 4.77. The molecule has 4 rings (SSSR count). The molecule has 1 atom stereocenters. The summed E-state index contributed by atoms with van der Waals surface area (Å²) in [5.74, 6) is -1.66. The minimum atomic E-state index is -0.760. The Morgan fingerprint density at radius 2 is 1.63 bits per heavy atom. The second-order valence-corrected chi connectivity index (χ2v) is 7.47. The molecule has 6 heteroatoms. The molecule has 0 bridgehead atoms. The number of aryl methyl sites for hydroxylation is 2. The lowest BCUT2D eigenvalue weighted by molar-refractivity contribution is -0.117. The van der Waals surface area contributed by atoms with E-state index >= 15 is 0 Å². The second kappa shape index (κ2) is 7.71. The van der Waals surface area contributed by atoms with Crippen molar-refractivity contribution in [2.24, 2.45) is 0 Å². The van der Waals surface area contributed by atoms with Crippen LogP contribution in [-0.4, -0.2) is 23.3 Å². The van der Waals surface area contributed by atoms with Gasteiger partial charge in [-0.1, -0.05) is 18.2 Å². The number of hydrogen-bond acceptors (Lipinski definition) is 2. The smallest absolute Gasteiger partial charge is 0.255 e. The summed E-state index contributed by atoms with van der Waals surface area (Å²) in [6, 6.07) is 14.3. The first-order valence-electron chi connectivity index (χ1n) is 9.56. The van der Waals surface area contributed by atoms with Crippen LogP contribution in [0.3, 0.4) is 0 Å². The number of nitrogens with one attached hydrogen (secondary N) is 1. The maximum absolute atomic E-state index is 14.1. The van der Waals surface area contributed by atoms with E-state index in [-0.39, 0.29) is 18.4 Å². The van der Waals surface area contributed by atoms with E-state index in [1.165, 1.54) is 35.2 Å². The fraction of sp³-hybridized carbons (Fsp3) is 0.167. The highest BCUT2D eigenvalue weighted by Crippen LogP contribution is 2.37. The number of halogens is 2. The summed E-state index contributed by atoms with van der Waals surface area (Å²) < 4.78 is 27.7. The van der Waals surface area contributed by atoms with Crippen LogP contribution in [0.25, 0.3) is 0 Å². The van der Waals surface area contributed by atoms with E-state index in [9.17, 15) is 18.4 Å². The van der Waals surface area contributed by atoms with Crippen molar-refractivity contribution in [2.75, 3.05) is 11.9 Å². The van der Waals surface area contributed by atoms with Gasteiger partial charge in [0.25, 0.3) is 5.91 Å². The van der Waals surface area contributed by atoms with Crippen molar-refractivity contribution < 1.29 is 18.4 Å². The molecule has 1 aliphatic rings. The molecule has 1 heterocycles. The SMILES string of the molecule is Cc1ccc(C(=O)N2CC(=O)Nc3ccc(F)cc3C2c2ccc(F)cc2)cc1C. The topological polar surface area (TPSA) is 49.4 Å². The van der Waals surface area contributed by atoms with E-state index in [2.05, 4.69) is 5.32 Å². The Labute approximate surface area is 173 Å². The van der Waals surface area contributed by atoms with Gasteiger partial charge >= 0.3 is 0 Å². The molecule has 3 aromatic rings. The first kappa shape index (κ1) is 19.8. The number of carbonyl (C=O) groups excluding carboxylic acids is 2. The van der Waals surface area contributed by atoms with Crippen LogP contribution in [-0.2, 0) is 4.79 Å². The molecule has 4 nitrogen and oxygen atoms in total. The molecule has 2 amide bonds. The number of nitrogens with zero attached hydrogens (tertiary/aromatic N) is 1. The van der Waals surface area contributed by atoms with Crippen molar-refractivity contribution in [3.8, 4) is 0 Å². The fourth-order valence-corrected chi connectivity index (χ4v) is 3.71. The number of benzene rings is 3. The summed E-state index contributed by atoms with van der Waals surface area (Å²) >= 11 is 0. The largest absolute Gasteiger partial charge is 0.324 e. The molecule has 1 N–H and O–H groups in total. The minimum Gasteiger partial charge on any atom is -0.324 e. The van der Waals surface area contributed by atoms with Crippen LogP contribution in [0.15, 0.2) is 60.7 Å². The summed E-state index contributed by atoms with van der Waals surface area (Å²) in [7, 11) is 0. The van der Waals surface area contributed by atoms with Crippen molar-refractivity contribution in [1.82, 2.24) is 4.90 Å². The highest BCUT2D eigenvalue weighted by Gasteiger charge is 2.34. The van der Waals surface area contributed by atoms with E-state index in [1.54, 1.807) is 24.3 Å². The third-order valence-corrected chi connectivity index (χ3v) is 5.41. The highest BCUT2D eigenvalue weighted by atomic mass is 19.1. The molecule has 0 radical (unpaired) electrons. The van der Waals surface area contributed by atoms with Crippen molar-refractivity contribution in [1.29, 1.82) is 0 Å².